The second-order valence-electron chi connectivity index (χ2n) is 7.29. The van der Waals surface area contributed by atoms with Crippen LogP contribution in [0.15, 0.2) is 84.9 Å². The van der Waals surface area contributed by atoms with Crippen molar-refractivity contribution in [3.05, 3.63) is 102 Å². The van der Waals surface area contributed by atoms with Gasteiger partial charge in [0.1, 0.15) is 0 Å². The number of rotatable bonds is 8. The monoisotopic (exact) mass is 501 g/mol. The molecule has 0 saturated carbocycles. The van der Waals surface area contributed by atoms with E-state index in [1.165, 1.54) is 48.5 Å². The van der Waals surface area contributed by atoms with Gasteiger partial charge in [0.25, 0.3) is 5.91 Å². The first-order chi connectivity index (χ1) is 17.1. The average molecular weight is 501 g/mol. The lowest BCUT2D eigenvalue weighted by Crippen LogP contribution is -2.48. The molecule has 0 radical (unpaired) electrons. The van der Waals surface area contributed by atoms with Crippen LogP contribution in [0.2, 0.25) is 0 Å². The Labute approximate surface area is 202 Å². The van der Waals surface area contributed by atoms with E-state index < -0.39 is 47.8 Å². The number of nitrogens with one attached hydrogen (secondary N) is 1. The standard InChI is InChI=1S/C25H18F3NO7/c26-25(27,28)17-12-7-13-18(14-17)29-21(30)19(35-23(33)15-8-3-1-4-9-15)20(22(31)32)36-24(34)16-10-5-2-6-11-16/h1-14,19-20H,(H,29,30)(H,31,32)/t19-,20-/m0/s1. The maximum absolute atomic E-state index is 13.0. The van der Waals surface area contributed by atoms with Gasteiger partial charge in [0.15, 0.2) is 0 Å². The molecule has 2 atom stereocenters. The molecule has 186 valence electrons. The summed E-state index contributed by atoms with van der Waals surface area (Å²) in [6.45, 7) is 0. The molecule has 0 saturated heterocycles. The minimum atomic E-state index is -4.71. The molecule has 36 heavy (non-hydrogen) atoms. The van der Waals surface area contributed by atoms with Gasteiger partial charge < -0.3 is 19.9 Å². The summed E-state index contributed by atoms with van der Waals surface area (Å²) in [5, 5.41) is 11.8. The quantitative estimate of drug-likeness (QED) is 0.445. The topological polar surface area (TPSA) is 119 Å². The van der Waals surface area contributed by atoms with Crippen molar-refractivity contribution in [1.82, 2.24) is 0 Å². The van der Waals surface area contributed by atoms with Gasteiger partial charge in [-0.3, -0.25) is 4.79 Å². The van der Waals surface area contributed by atoms with Gasteiger partial charge in [-0.2, -0.15) is 13.2 Å². The number of esters is 2. The molecular formula is C25H18F3NO7. The van der Waals surface area contributed by atoms with Crippen molar-refractivity contribution in [2.45, 2.75) is 18.4 Å². The third kappa shape index (κ3) is 6.69. The Bertz CT molecular complexity index is 1250. The molecule has 0 heterocycles. The molecule has 3 aromatic rings. The van der Waals surface area contributed by atoms with E-state index in [9.17, 15) is 37.5 Å². The molecule has 2 N–H and O–H groups in total. The van der Waals surface area contributed by atoms with E-state index in [-0.39, 0.29) is 16.8 Å². The number of carbonyl (C=O) groups is 4. The number of hydrogen-bond donors (Lipinski definition) is 2. The second kappa shape index (κ2) is 11.2. The number of alkyl halides is 3. The summed E-state index contributed by atoms with van der Waals surface area (Å²) in [6.07, 6.45) is -9.29. The van der Waals surface area contributed by atoms with Crippen LogP contribution in [0.1, 0.15) is 26.3 Å². The number of carboxylic acids is 1. The Hall–Kier alpha value is -4.67. The molecule has 3 aromatic carbocycles. The number of hydrogen-bond acceptors (Lipinski definition) is 6. The van der Waals surface area contributed by atoms with Crippen molar-refractivity contribution in [2.75, 3.05) is 5.32 Å². The molecule has 0 bridgehead atoms. The van der Waals surface area contributed by atoms with Crippen LogP contribution in [0.5, 0.6) is 0 Å². The zero-order chi connectivity index (χ0) is 26.3. The molecule has 11 heteroatoms. The van der Waals surface area contributed by atoms with E-state index in [1.54, 1.807) is 12.1 Å². The van der Waals surface area contributed by atoms with E-state index >= 15 is 0 Å². The first-order valence-corrected chi connectivity index (χ1v) is 10.3. The lowest BCUT2D eigenvalue weighted by Gasteiger charge is -2.23. The average Bonchev–Trinajstić information content (AvgIpc) is 2.86. The highest BCUT2D eigenvalue weighted by Gasteiger charge is 2.41. The lowest BCUT2D eigenvalue weighted by molar-refractivity contribution is -0.157. The summed E-state index contributed by atoms with van der Waals surface area (Å²) in [5.74, 6) is -5.41. The summed E-state index contributed by atoms with van der Waals surface area (Å²) in [4.78, 5) is 50.0. The summed E-state index contributed by atoms with van der Waals surface area (Å²) >= 11 is 0. The zero-order valence-corrected chi connectivity index (χ0v) is 18.3. The van der Waals surface area contributed by atoms with Crippen LogP contribution in [-0.4, -0.2) is 41.1 Å². The fourth-order valence-electron chi connectivity index (χ4n) is 3.00. The van der Waals surface area contributed by atoms with Gasteiger partial charge in [-0.05, 0) is 42.5 Å². The number of carboxylic acid groups (broad SMARTS) is 1. The highest BCUT2D eigenvalue weighted by molar-refractivity contribution is 6.01. The molecule has 0 aromatic heterocycles. The van der Waals surface area contributed by atoms with E-state index in [1.807, 2.05) is 0 Å². The third-order valence-corrected chi connectivity index (χ3v) is 4.72. The predicted octanol–water partition coefficient (Wildman–Crippen LogP) is 4.18. The van der Waals surface area contributed by atoms with Crippen LogP contribution in [0.25, 0.3) is 0 Å². The number of carbonyl (C=O) groups excluding carboxylic acids is 3. The van der Waals surface area contributed by atoms with Gasteiger partial charge in [0, 0.05) is 5.69 Å². The molecule has 0 aliphatic carbocycles. The summed E-state index contributed by atoms with van der Waals surface area (Å²) in [6, 6.07) is 18.0. The Morgan fingerprint density at radius 2 is 1.22 bits per heavy atom. The normalized spacial score (nSPS) is 12.6. The second-order valence-corrected chi connectivity index (χ2v) is 7.29. The van der Waals surface area contributed by atoms with Gasteiger partial charge >= 0.3 is 24.1 Å². The maximum atomic E-state index is 13.0. The van der Waals surface area contributed by atoms with Crippen LogP contribution < -0.4 is 5.32 Å². The predicted molar refractivity (Wildman–Crippen MR) is 119 cm³/mol. The molecule has 0 aliphatic rings. The number of amides is 1. The van der Waals surface area contributed by atoms with E-state index in [4.69, 9.17) is 9.47 Å². The molecular weight excluding hydrogens is 483 g/mol. The first-order valence-electron chi connectivity index (χ1n) is 10.3. The molecule has 1 amide bonds. The van der Waals surface area contributed by atoms with Crippen LogP contribution in [0.4, 0.5) is 18.9 Å². The van der Waals surface area contributed by atoms with Gasteiger partial charge in [0.05, 0.1) is 16.7 Å². The van der Waals surface area contributed by atoms with Crippen molar-refractivity contribution in [1.29, 1.82) is 0 Å². The third-order valence-electron chi connectivity index (χ3n) is 4.72. The van der Waals surface area contributed by atoms with Gasteiger partial charge in [-0.15, -0.1) is 0 Å². The van der Waals surface area contributed by atoms with Crippen molar-refractivity contribution in [3.63, 3.8) is 0 Å². The van der Waals surface area contributed by atoms with Crippen LogP contribution in [0.3, 0.4) is 0 Å². The summed E-state index contributed by atoms with van der Waals surface area (Å²) < 4.78 is 49.2. The van der Waals surface area contributed by atoms with Crippen molar-refractivity contribution < 1.29 is 46.9 Å². The summed E-state index contributed by atoms with van der Waals surface area (Å²) in [5.41, 5.74) is -1.53. The summed E-state index contributed by atoms with van der Waals surface area (Å²) in [7, 11) is 0. The fraction of sp³-hybridized carbons (Fsp3) is 0.120. The first kappa shape index (κ1) is 25.9. The van der Waals surface area contributed by atoms with E-state index in [2.05, 4.69) is 5.32 Å². The largest absolute Gasteiger partial charge is 0.478 e. The highest BCUT2D eigenvalue weighted by atomic mass is 19.4. The number of anilines is 1. The van der Waals surface area contributed by atoms with Gasteiger partial charge in [-0.1, -0.05) is 42.5 Å². The van der Waals surface area contributed by atoms with Crippen molar-refractivity contribution in [2.24, 2.45) is 0 Å². The van der Waals surface area contributed by atoms with Gasteiger partial charge in [-0.25, -0.2) is 14.4 Å². The molecule has 3 rings (SSSR count). The molecule has 8 nitrogen and oxygen atoms in total. The Balaban J connectivity index is 1.92. The number of ether oxygens (including phenoxy) is 2. The lowest BCUT2D eigenvalue weighted by atomic mass is 10.1. The molecule has 0 unspecified atom stereocenters. The van der Waals surface area contributed by atoms with E-state index in [0.717, 1.165) is 18.2 Å². The Morgan fingerprint density at radius 1 is 0.722 bits per heavy atom. The zero-order valence-electron chi connectivity index (χ0n) is 18.3. The molecule has 0 spiro atoms. The molecule has 0 aliphatic heterocycles. The van der Waals surface area contributed by atoms with E-state index in [0.29, 0.717) is 6.07 Å². The Kier molecular flexibility index (Phi) is 8.05. The SMILES string of the molecule is O=C(O[C@H](C(=O)O)[C@H](OC(=O)c1ccccc1)C(=O)Nc1cccc(C(F)(F)F)c1)c1ccccc1. The fourth-order valence-corrected chi connectivity index (χ4v) is 3.00. The smallest absolute Gasteiger partial charge is 0.416 e. The maximum Gasteiger partial charge on any atom is 0.416 e. The minimum absolute atomic E-state index is 0.0461. The van der Waals surface area contributed by atoms with Crippen LogP contribution in [-0.2, 0) is 25.2 Å². The van der Waals surface area contributed by atoms with Crippen molar-refractivity contribution >= 4 is 29.5 Å². The van der Waals surface area contributed by atoms with Gasteiger partial charge in [0.2, 0.25) is 12.2 Å². The van der Waals surface area contributed by atoms with Crippen LogP contribution >= 0.6 is 0 Å². The Morgan fingerprint density at radius 3 is 1.69 bits per heavy atom. The number of benzene rings is 3. The number of aliphatic carboxylic acids is 1. The molecule has 0 fully saturated rings. The minimum Gasteiger partial charge on any atom is -0.478 e. The highest BCUT2D eigenvalue weighted by Crippen LogP contribution is 2.30. The number of halogens is 3. The van der Waals surface area contributed by atoms with Crippen LogP contribution in [0, 0.1) is 0 Å². The van der Waals surface area contributed by atoms with Crippen molar-refractivity contribution in [3.8, 4) is 0 Å².